The number of rotatable bonds is 1. The highest BCUT2D eigenvalue weighted by Crippen LogP contribution is 2.52. The van der Waals surface area contributed by atoms with Crippen molar-refractivity contribution in [3.8, 4) is 11.3 Å². The normalized spacial score (nSPS) is 19.3. The first-order valence-corrected chi connectivity index (χ1v) is 10.5. The lowest BCUT2D eigenvalue weighted by molar-refractivity contribution is 0.398. The van der Waals surface area contributed by atoms with Crippen molar-refractivity contribution in [3.05, 3.63) is 57.6 Å². The summed E-state index contributed by atoms with van der Waals surface area (Å²) >= 11 is 0. The van der Waals surface area contributed by atoms with Crippen LogP contribution in [0.4, 0.5) is 5.69 Å². The van der Waals surface area contributed by atoms with E-state index < -0.39 is 0 Å². The largest absolute Gasteiger partial charge is 0.422 e. The van der Waals surface area contributed by atoms with E-state index in [9.17, 15) is 4.79 Å². The lowest BCUT2D eigenvalue weighted by atomic mass is 9.69. The molecule has 5 rings (SSSR count). The van der Waals surface area contributed by atoms with E-state index in [1.54, 1.807) is 6.20 Å². The Kier molecular flexibility index (Phi) is 3.77. The molecule has 0 fully saturated rings. The van der Waals surface area contributed by atoms with Crippen LogP contribution in [0, 0.1) is 6.92 Å². The molecule has 2 aliphatic rings. The number of hydrogen-bond acceptors (Lipinski definition) is 4. The maximum Gasteiger partial charge on any atom is 0.346 e. The summed E-state index contributed by atoms with van der Waals surface area (Å²) in [6.45, 7) is 13.4. The molecular formula is C25H28N2O2. The molecule has 3 aromatic rings. The first kappa shape index (κ1) is 18.4. The molecule has 4 heteroatoms. The van der Waals surface area contributed by atoms with Crippen molar-refractivity contribution in [2.45, 2.75) is 58.3 Å². The Balaban J connectivity index is 1.94. The van der Waals surface area contributed by atoms with Gasteiger partial charge in [-0.05, 0) is 59.9 Å². The quantitative estimate of drug-likeness (QED) is 0.529. The lowest BCUT2D eigenvalue weighted by Crippen LogP contribution is -2.44. The summed E-state index contributed by atoms with van der Waals surface area (Å²) in [4.78, 5) is 20.0. The topological polar surface area (TPSA) is 46.3 Å². The summed E-state index contributed by atoms with van der Waals surface area (Å²) in [5, 5.41) is 1.05. The number of pyridine rings is 1. The van der Waals surface area contributed by atoms with E-state index >= 15 is 0 Å². The van der Waals surface area contributed by atoms with E-state index in [-0.39, 0.29) is 16.5 Å². The van der Waals surface area contributed by atoms with E-state index in [0.717, 1.165) is 42.5 Å². The summed E-state index contributed by atoms with van der Waals surface area (Å²) in [6, 6.07) is 7.93. The van der Waals surface area contributed by atoms with Gasteiger partial charge in [-0.2, -0.15) is 0 Å². The van der Waals surface area contributed by atoms with Crippen LogP contribution in [0.3, 0.4) is 0 Å². The molecule has 4 heterocycles. The SMILES string of the molecule is Cc1c(-c2ccccn2)c(=O)oc2c3c4c(cc12)C(C)(C)CCN4CCC3(C)C. The van der Waals surface area contributed by atoms with Crippen LogP contribution >= 0.6 is 0 Å². The van der Waals surface area contributed by atoms with Gasteiger partial charge < -0.3 is 9.32 Å². The Bertz CT molecular complexity index is 1190. The van der Waals surface area contributed by atoms with E-state index in [0.29, 0.717) is 11.3 Å². The zero-order chi connectivity index (χ0) is 20.6. The van der Waals surface area contributed by atoms with Crippen LogP contribution in [0.15, 0.2) is 39.7 Å². The average Bonchev–Trinajstić information content (AvgIpc) is 2.66. The Morgan fingerprint density at radius 2 is 1.79 bits per heavy atom. The standard InChI is InChI=1S/C25H28N2O2/c1-15-16-14-17-21-20(25(4,5)10-13-27(21)12-9-24(17,2)3)22(16)29-23(28)19(15)18-8-6-7-11-26-18/h6-8,11,14H,9-10,12-13H2,1-5H3. The van der Waals surface area contributed by atoms with Gasteiger partial charge in [0.25, 0.3) is 0 Å². The molecule has 0 spiro atoms. The number of benzene rings is 1. The molecule has 0 saturated carbocycles. The second-order valence-corrected chi connectivity index (χ2v) is 9.88. The van der Waals surface area contributed by atoms with E-state index in [1.807, 2.05) is 25.1 Å². The molecule has 0 aliphatic carbocycles. The molecule has 4 nitrogen and oxygen atoms in total. The van der Waals surface area contributed by atoms with Crippen molar-refractivity contribution >= 4 is 16.7 Å². The minimum atomic E-state index is -0.298. The van der Waals surface area contributed by atoms with Crippen LogP contribution < -0.4 is 10.5 Å². The molecule has 1 aromatic carbocycles. The summed E-state index contributed by atoms with van der Waals surface area (Å²) in [5.41, 5.74) is 6.61. The zero-order valence-electron chi connectivity index (χ0n) is 17.9. The third-order valence-electron chi connectivity index (χ3n) is 7.09. The number of aryl methyl sites for hydroxylation is 1. The molecule has 2 aromatic heterocycles. The molecule has 0 amide bonds. The zero-order valence-corrected chi connectivity index (χ0v) is 17.9. The minimum Gasteiger partial charge on any atom is -0.422 e. The van der Waals surface area contributed by atoms with Gasteiger partial charge in [0.1, 0.15) is 5.58 Å². The molecule has 0 unspecified atom stereocenters. The highest BCUT2D eigenvalue weighted by Gasteiger charge is 2.42. The summed E-state index contributed by atoms with van der Waals surface area (Å²) in [7, 11) is 0. The first-order valence-electron chi connectivity index (χ1n) is 10.5. The number of anilines is 1. The number of aromatic nitrogens is 1. The second-order valence-electron chi connectivity index (χ2n) is 9.88. The Hall–Kier alpha value is -2.62. The number of nitrogens with zero attached hydrogens (tertiary/aromatic N) is 2. The van der Waals surface area contributed by atoms with E-state index in [4.69, 9.17) is 4.42 Å². The Morgan fingerprint density at radius 3 is 2.48 bits per heavy atom. The second kappa shape index (κ2) is 5.94. The van der Waals surface area contributed by atoms with Crippen molar-refractivity contribution in [1.29, 1.82) is 0 Å². The van der Waals surface area contributed by atoms with Gasteiger partial charge in [-0.25, -0.2) is 4.79 Å². The highest BCUT2D eigenvalue weighted by atomic mass is 16.4. The monoisotopic (exact) mass is 388 g/mol. The maximum absolute atomic E-state index is 13.1. The molecule has 0 bridgehead atoms. The van der Waals surface area contributed by atoms with Crippen LogP contribution in [0.1, 0.15) is 57.2 Å². The van der Waals surface area contributed by atoms with Gasteiger partial charge in [0.15, 0.2) is 0 Å². The third kappa shape index (κ3) is 2.58. The molecule has 29 heavy (non-hydrogen) atoms. The maximum atomic E-state index is 13.1. The lowest BCUT2D eigenvalue weighted by Gasteiger charge is -2.48. The Labute approximate surface area is 171 Å². The van der Waals surface area contributed by atoms with E-state index in [1.165, 1.54) is 16.8 Å². The van der Waals surface area contributed by atoms with Crippen LogP contribution in [-0.2, 0) is 10.8 Å². The molecule has 2 aliphatic heterocycles. The predicted molar refractivity (Wildman–Crippen MR) is 118 cm³/mol. The minimum absolute atomic E-state index is 0.0393. The van der Waals surface area contributed by atoms with Gasteiger partial charge in [-0.1, -0.05) is 33.8 Å². The first-order chi connectivity index (χ1) is 13.7. The number of fused-ring (bicyclic) bond motifs is 2. The molecule has 0 saturated heterocycles. The van der Waals surface area contributed by atoms with Crippen molar-refractivity contribution in [2.24, 2.45) is 0 Å². The molecule has 150 valence electrons. The average molecular weight is 389 g/mol. The predicted octanol–water partition coefficient (Wildman–Crippen LogP) is 5.33. The molecule has 0 atom stereocenters. The van der Waals surface area contributed by atoms with Gasteiger partial charge in [-0.15, -0.1) is 0 Å². The van der Waals surface area contributed by atoms with Gasteiger partial charge in [-0.3, -0.25) is 4.98 Å². The fourth-order valence-electron chi connectivity index (χ4n) is 5.17. The fourth-order valence-corrected chi connectivity index (χ4v) is 5.17. The molecule has 0 radical (unpaired) electrons. The summed E-state index contributed by atoms with van der Waals surface area (Å²) in [5.74, 6) is 0. The third-order valence-corrected chi connectivity index (χ3v) is 7.09. The van der Waals surface area contributed by atoms with Crippen molar-refractivity contribution in [1.82, 2.24) is 4.98 Å². The van der Waals surface area contributed by atoms with Crippen molar-refractivity contribution in [2.75, 3.05) is 18.0 Å². The summed E-state index contributed by atoms with van der Waals surface area (Å²) < 4.78 is 6.08. The number of hydrogen-bond donors (Lipinski definition) is 0. The highest BCUT2D eigenvalue weighted by molar-refractivity contribution is 5.95. The van der Waals surface area contributed by atoms with Gasteiger partial charge in [0.2, 0.25) is 0 Å². The van der Waals surface area contributed by atoms with Crippen LogP contribution in [0.25, 0.3) is 22.2 Å². The van der Waals surface area contributed by atoms with Crippen molar-refractivity contribution < 1.29 is 4.42 Å². The molecule has 0 N–H and O–H groups in total. The van der Waals surface area contributed by atoms with Crippen LogP contribution in [0.2, 0.25) is 0 Å². The van der Waals surface area contributed by atoms with Gasteiger partial charge >= 0.3 is 5.63 Å². The fraction of sp³-hybridized carbons (Fsp3) is 0.440. The summed E-state index contributed by atoms with van der Waals surface area (Å²) in [6.07, 6.45) is 3.91. The van der Waals surface area contributed by atoms with Crippen molar-refractivity contribution in [3.63, 3.8) is 0 Å². The Morgan fingerprint density at radius 1 is 1.07 bits per heavy atom. The van der Waals surface area contributed by atoms with Gasteiger partial charge in [0.05, 0.1) is 11.3 Å². The van der Waals surface area contributed by atoms with Crippen LogP contribution in [0.5, 0.6) is 0 Å². The van der Waals surface area contributed by atoms with Crippen LogP contribution in [-0.4, -0.2) is 18.1 Å². The van der Waals surface area contributed by atoms with Gasteiger partial charge in [0, 0.05) is 35.9 Å². The smallest absolute Gasteiger partial charge is 0.346 e. The van der Waals surface area contributed by atoms with E-state index in [2.05, 4.69) is 43.6 Å². The molecular weight excluding hydrogens is 360 g/mol.